The molecule has 5 nitrogen and oxygen atoms in total. The van der Waals surface area contributed by atoms with Crippen molar-refractivity contribution in [1.82, 2.24) is 9.78 Å². The normalized spacial score (nSPS) is 10.6. The van der Waals surface area contributed by atoms with E-state index in [-0.39, 0.29) is 12.4 Å². The molecule has 6 heteroatoms. The van der Waals surface area contributed by atoms with Crippen LogP contribution in [0.2, 0.25) is 0 Å². The molecule has 2 aromatic heterocycles. The van der Waals surface area contributed by atoms with Crippen molar-refractivity contribution in [3.63, 3.8) is 0 Å². The van der Waals surface area contributed by atoms with Gasteiger partial charge in [-0.3, -0.25) is 4.79 Å². The second-order valence-electron chi connectivity index (χ2n) is 5.27. The lowest BCUT2D eigenvalue weighted by Gasteiger charge is -2.05. The standard InChI is InChI=1S/C18H16N2O3S/c1-12-17(13(2)20(19-12)14-7-4-3-5-8-14)18(22)23-11-15(21)16-9-6-10-24-16/h3-10H,11H2,1-2H3. The van der Waals surface area contributed by atoms with Crippen LogP contribution >= 0.6 is 11.3 Å². The predicted octanol–water partition coefficient (Wildman–Crippen LogP) is 3.59. The first-order valence-corrected chi connectivity index (χ1v) is 8.31. The number of aromatic nitrogens is 2. The number of benzene rings is 1. The fraction of sp³-hybridized carbons (Fsp3) is 0.167. The molecular weight excluding hydrogens is 324 g/mol. The molecule has 3 aromatic rings. The molecule has 0 aliphatic heterocycles. The highest BCUT2D eigenvalue weighted by atomic mass is 32.1. The van der Waals surface area contributed by atoms with Gasteiger partial charge in [-0.2, -0.15) is 5.10 Å². The molecule has 122 valence electrons. The molecule has 0 aliphatic carbocycles. The fourth-order valence-electron chi connectivity index (χ4n) is 2.47. The molecule has 0 spiro atoms. The molecule has 0 saturated carbocycles. The summed E-state index contributed by atoms with van der Waals surface area (Å²) >= 11 is 1.33. The van der Waals surface area contributed by atoms with Crippen LogP contribution in [-0.4, -0.2) is 28.1 Å². The van der Waals surface area contributed by atoms with E-state index in [1.165, 1.54) is 11.3 Å². The minimum absolute atomic E-state index is 0.205. The zero-order valence-corrected chi connectivity index (χ0v) is 14.2. The molecule has 0 N–H and O–H groups in total. The SMILES string of the molecule is Cc1nn(-c2ccccc2)c(C)c1C(=O)OCC(=O)c1cccs1. The smallest absolute Gasteiger partial charge is 0.342 e. The molecular formula is C18H16N2O3S. The van der Waals surface area contributed by atoms with E-state index in [4.69, 9.17) is 4.74 Å². The van der Waals surface area contributed by atoms with E-state index >= 15 is 0 Å². The molecule has 0 amide bonds. The maximum absolute atomic E-state index is 12.4. The van der Waals surface area contributed by atoms with Crippen LogP contribution in [0.25, 0.3) is 5.69 Å². The van der Waals surface area contributed by atoms with Gasteiger partial charge in [-0.25, -0.2) is 9.48 Å². The first-order chi connectivity index (χ1) is 11.6. The van der Waals surface area contributed by atoms with Gasteiger partial charge in [-0.05, 0) is 37.4 Å². The summed E-state index contributed by atoms with van der Waals surface area (Å²) in [4.78, 5) is 24.9. The number of ketones is 1. The number of nitrogens with zero attached hydrogens (tertiary/aromatic N) is 2. The third-order valence-electron chi connectivity index (χ3n) is 3.63. The van der Waals surface area contributed by atoms with Crippen molar-refractivity contribution in [1.29, 1.82) is 0 Å². The van der Waals surface area contributed by atoms with Gasteiger partial charge in [0.2, 0.25) is 5.78 Å². The number of carbonyl (C=O) groups is 2. The lowest BCUT2D eigenvalue weighted by Crippen LogP contribution is -2.14. The summed E-state index contributed by atoms with van der Waals surface area (Å²) in [6.45, 7) is 3.30. The fourth-order valence-corrected chi connectivity index (χ4v) is 3.12. The van der Waals surface area contributed by atoms with Crippen LogP contribution in [0.3, 0.4) is 0 Å². The van der Waals surface area contributed by atoms with Gasteiger partial charge in [0.15, 0.2) is 6.61 Å². The third kappa shape index (κ3) is 3.14. The van der Waals surface area contributed by atoms with Crippen molar-refractivity contribution in [2.24, 2.45) is 0 Å². The third-order valence-corrected chi connectivity index (χ3v) is 4.54. The summed E-state index contributed by atoms with van der Waals surface area (Å²) in [5.74, 6) is -0.735. The molecule has 1 aromatic carbocycles. The second kappa shape index (κ2) is 6.80. The Balaban J connectivity index is 1.78. The Bertz CT molecular complexity index is 867. The van der Waals surface area contributed by atoms with Gasteiger partial charge in [0, 0.05) is 0 Å². The van der Waals surface area contributed by atoms with Gasteiger partial charge in [-0.15, -0.1) is 11.3 Å². The number of carbonyl (C=O) groups excluding carboxylic acids is 2. The van der Waals surface area contributed by atoms with Gasteiger partial charge >= 0.3 is 5.97 Å². The minimum atomic E-state index is -0.530. The largest absolute Gasteiger partial charge is 0.454 e. The summed E-state index contributed by atoms with van der Waals surface area (Å²) in [5.41, 5.74) is 2.53. The molecule has 24 heavy (non-hydrogen) atoms. The number of hydrogen-bond donors (Lipinski definition) is 0. The molecule has 3 rings (SSSR count). The highest BCUT2D eigenvalue weighted by molar-refractivity contribution is 7.12. The van der Waals surface area contributed by atoms with Gasteiger partial charge in [0.05, 0.1) is 22.0 Å². The number of hydrogen-bond acceptors (Lipinski definition) is 5. The number of ether oxygens (including phenoxy) is 1. The van der Waals surface area contributed by atoms with Crippen molar-refractivity contribution in [2.75, 3.05) is 6.61 Å². The number of esters is 1. The highest BCUT2D eigenvalue weighted by Crippen LogP contribution is 2.19. The Morgan fingerprint density at radius 1 is 1.12 bits per heavy atom. The van der Waals surface area contributed by atoms with Crippen LogP contribution in [0.15, 0.2) is 47.8 Å². The maximum Gasteiger partial charge on any atom is 0.342 e. The molecule has 0 saturated heterocycles. The van der Waals surface area contributed by atoms with E-state index in [2.05, 4.69) is 5.10 Å². The first-order valence-electron chi connectivity index (χ1n) is 7.43. The average molecular weight is 340 g/mol. The molecule has 2 heterocycles. The Morgan fingerprint density at radius 3 is 2.54 bits per heavy atom. The Hall–Kier alpha value is -2.73. The number of aryl methyl sites for hydroxylation is 1. The van der Waals surface area contributed by atoms with Gasteiger partial charge in [0.25, 0.3) is 0 Å². The van der Waals surface area contributed by atoms with Crippen molar-refractivity contribution in [3.8, 4) is 5.69 Å². The number of rotatable bonds is 5. The Kier molecular flexibility index (Phi) is 4.57. The predicted molar refractivity (Wildman–Crippen MR) is 92.0 cm³/mol. The quantitative estimate of drug-likeness (QED) is 0.526. The number of Topliss-reactive ketones (excluding diaryl/α,β-unsaturated/α-hetero) is 1. The van der Waals surface area contributed by atoms with E-state index in [0.717, 1.165) is 5.69 Å². The van der Waals surface area contributed by atoms with E-state index in [9.17, 15) is 9.59 Å². The summed E-state index contributed by atoms with van der Waals surface area (Å²) in [7, 11) is 0. The van der Waals surface area contributed by atoms with Crippen LogP contribution in [0.5, 0.6) is 0 Å². The molecule has 0 unspecified atom stereocenters. The Labute approximate surface area is 143 Å². The zero-order valence-electron chi connectivity index (χ0n) is 13.4. The maximum atomic E-state index is 12.4. The molecule has 0 aliphatic rings. The average Bonchev–Trinajstić information content (AvgIpc) is 3.22. The van der Waals surface area contributed by atoms with Crippen molar-refractivity contribution in [3.05, 3.63) is 69.7 Å². The van der Waals surface area contributed by atoms with Crippen molar-refractivity contribution >= 4 is 23.1 Å². The van der Waals surface area contributed by atoms with Crippen LogP contribution in [0, 0.1) is 13.8 Å². The lowest BCUT2D eigenvalue weighted by molar-refractivity contribution is 0.0474. The second-order valence-corrected chi connectivity index (χ2v) is 6.22. The van der Waals surface area contributed by atoms with Crippen LogP contribution < -0.4 is 0 Å². The summed E-state index contributed by atoms with van der Waals surface area (Å²) < 4.78 is 6.89. The molecule has 0 atom stereocenters. The van der Waals surface area contributed by atoms with E-state index in [0.29, 0.717) is 21.8 Å². The summed E-state index contributed by atoms with van der Waals surface area (Å²) in [6, 6.07) is 13.1. The Morgan fingerprint density at radius 2 is 1.88 bits per heavy atom. The van der Waals surface area contributed by atoms with E-state index in [1.54, 1.807) is 23.7 Å². The molecule has 0 fully saturated rings. The topological polar surface area (TPSA) is 61.2 Å². The minimum Gasteiger partial charge on any atom is -0.454 e. The molecule has 0 radical (unpaired) electrons. The van der Waals surface area contributed by atoms with Crippen LogP contribution in [0.4, 0.5) is 0 Å². The lowest BCUT2D eigenvalue weighted by atomic mass is 10.2. The van der Waals surface area contributed by atoms with E-state index in [1.807, 2.05) is 42.6 Å². The van der Waals surface area contributed by atoms with Gasteiger partial charge in [0.1, 0.15) is 5.56 Å². The first kappa shape index (κ1) is 16.1. The highest BCUT2D eigenvalue weighted by Gasteiger charge is 2.21. The van der Waals surface area contributed by atoms with Crippen LogP contribution in [0.1, 0.15) is 31.4 Å². The van der Waals surface area contributed by atoms with Gasteiger partial charge in [-0.1, -0.05) is 24.3 Å². The van der Waals surface area contributed by atoms with E-state index < -0.39 is 5.97 Å². The van der Waals surface area contributed by atoms with Crippen molar-refractivity contribution < 1.29 is 14.3 Å². The molecule has 0 bridgehead atoms. The summed E-state index contributed by atoms with van der Waals surface area (Å²) in [6.07, 6.45) is 0. The number of thiophene rings is 1. The van der Waals surface area contributed by atoms with Crippen LogP contribution in [-0.2, 0) is 4.74 Å². The monoisotopic (exact) mass is 340 g/mol. The number of para-hydroxylation sites is 1. The van der Waals surface area contributed by atoms with Gasteiger partial charge < -0.3 is 4.74 Å². The zero-order chi connectivity index (χ0) is 17.1. The summed E-state index contributed by atoms with van der Waals surface area (Å²) in [5, 5.41) is 6.22. The van der Waals surface area contributed by atoms with Crippen molar-refractivity contribution in [2.45, 2.75) is 13.8 Å².